The molecule has 2 aromatic carbocycles. The molecule has 0 radical (unpaired) electrons. The smallest absolute Gasteiger partial charge is 0.322 e. The molecule has 1 aliphatic heterocycles. The highest BCUT2D eigenvalue weighted by molar-refractivity contribution is 14.1. The molecule has 44 heavy (non-hydrogen) atoms. The molecule has 0 bridgehead atoms. The number of hydrogen-bond acceptors (Lipinski definition) is 7. The maximum Gasteiger partial charge on any atom is 0.416 e. The maximum atomic E-state index is 14.1. The minimum absolute atomic E-state index is 0.0278. The van der Waals surface area contributed by atoms with E-state index in [0.717, 1.165) is 42.1 Å². The van der Waals surface area contributed by atoms with E-state index in [0.29, 0.717) is 39.8 Å². The van der Waals surface area contributed by atoms with Gasteiger partial charge in [0.25, 0.3) is 5.91 Å². The number of alkyl halides is 3. The van der Waals surface area contributed by atoms with E-state index >= 15 is 0 Å². The van der Waals surface area contributed by atoms with Gasteiger partial charge >= 0.3 is 6.18 Å². The Bertz CT molecular complexity index is 1720. The molecular formula is C31H30F3IN6O2S. The number of fused-ring (bicyclic) bond motifs is 1. The summed E-state index contributed by atoms with van der Waals surface area (Å²) in [6.45, 7) is 6.29. The number of pyridine rings is 1. The van der Waals surface area contributed by atoms with E-state index in [-0.39, 0.29) is 35.2 Å². The first-order valence-corrected chi connectivity index (χ1v) is 16.3. The van der Waals surface area contributed by atoms with Crippen molar-refractivity contribution in [3.05, 3.63) is 68.8 Å². The van der Waals surface area contributed by atoms with Crippen LogP contribution in [0.3, 0.4) is 0 Å². The van der Waals surface area contributed by atoms with Gasteiger partial charge in [-0.05, 0) is 90.0 Å². The van der Waals surface area contributed by atoms with Crippen LogP contribution in [0.2, 0.25) is 0 Å². The summed E-state index contributed by atoms with van der Waals surface area (Å²) in [6, 6.07) is 12.7. The number of carbonyl (C=O) groups excluding carboxylic acids is 2. The van der Waals surface area contributed by atoms with Crippen molar-refractivity contribution in [3.63, 3.8) is 0 Å². The molecule has 1 saturated carbocycles. The topological polar surface area (TPSA) is 90.5 Å². The van der Waals surface area contributed by atoms with Crippen molar-refractivity contribution in [2.24, 2.45) is 5.92 Å². The van der Waals surface area contributed by atoms with Gasteiger partial charge in [0, 0.05) is 59.0 Å². The molecule has 1 saturated heterocycles. The van der Waals surface area contributed by atoms with Gasteiger partial charge in [-0.3, -0.25) is 14.5 Å². The Hall–Kier alpha value is -3.14. The fraction of sp³-hybridized carbons (Fsp3) is 0.355. The third kappa shape index (κ3) is 7.05. The van der Waals surface area contributed by atoms with Crippen LogP contribution in [0.25, 0.3) is 21.6 Å². The number of piperazine rings is 1. The third-order valence-corrected chi connectivity index (χ3v) is 9.74. The normalized spacial score (nSPS) is 16.3. The lowest BCUT2D eigenvalue weighted by Gasteiger charge is -2.34. The summed E-state index contributed by atoms with van der Waals surface area (Å²) < 4.78 is 43.1. The molecule has 2 N–H and O–H groups in total. The molecule has 2 aliphatic rings. The van der Waals surface area contributed by atoms with Crippen LogP contribution >= 0.6 is 33.9 Å². The van der Waals surface area contributed by atoms with Crippen molar-refractivity contribution < 1.29 is 22.8 Å². The van der Waals surface area contributed by atoms with E-state index in [2.05, 4.69) is 50.0 Å². The minimum atomic E-state index is -4.56. The molecule has 2 amide bonds. The van der Waals surface area contributed by atoms with Crippen molar-refractivity contribution in [2.45, 2.75) is 32.5 Å². The van der Waals surface area contributed by atoms with Gasteiger partial charge in [-0.1, -0.05) is 24.3 Å². The van der Waals surface area contributed by atoms with Crippen LogP contribution < -0.4 is 10.6 Å². The first kappa shape index (κ1) is 30.9. The summed E-state index contributed by atoms with van der Waals surface area (Å²) in [4.78, 5) is 39.5. The van der Waals surface area contributed by atoms with Gasteiger partial charge in [0.15, 0.2) is 5.13 Å². The molecule has 230 valence electrons. The molecule has 2 aromatic heterocycles. The van der Waals surface area contributed by atoms with Gasteiger partial charge in [0.05, 0.1) is 11.3 Å². The van der Waals surface area contributed by atoms with E-state index < -0.39 is 17.6 Å². The van der Waals surface area contributed by atoms with Gasteiger partial charge in [-0.2, -0.15) is 13.2 Å². The monoisotopic (exact) mass is 734 g/mol. The van der Waals surface area contributed by atoms with Crippen molar-refractivity contribution in [1.29, 1.82) is 0 Å². The van der Waals surface area contributed by atoms with Crippen LogP contribution in [0.4, 0.5) is 24.0 Å². The van der Waals surface area contributed by atoms with Crippen molar-refractivity contribution in [3.8, 4) is 11.3 Å². The number of rotatable bonds is 8. The lowest BCUT2D eigenvalue weighted by atomic mass is 10.0. The SMILES string of the molecule is CCN1CCN(Cc2ccc(NC(=O)c3ccc(I)c(-c4ccc5nc(NC(=O)C6CC6)sc5n4)c3)cc2C(F)(F)F)CC1. The van der Waals surface area contributed by atoms with Crippen LogP contribution in [-0.4, -0.2) is 64.3 Å². The Labute approximate surface area is 270 Å². The number of amides is 2. The minimum Gasteiger partial charge on any atom is -0.322 e. The Kier molecular flexibility index (Phi) is 8.91. The van der Waals surface area contributed by atoms with Gasteiger partial charge in [0.1, 0.15) is 10.3 Å². The molecule has 13 heteroatoms. The average Bonchev–Trinajstić information content (AvgIpc) is 3.78. The average molecular weight is 735 g/mol. The summed E-state index contributed by atoms with van der Waals surface area (Å²) in [7, 11) is 0. The third-order valence-electron chi connectivity index (χ3n) is 7.92. The van der Waals surface area contributed by atoms with Crippen LogP contribution in [0.5, 0.6) is 0 Å². The lowest BCUT2D eigenvalue weighted by Crippen LogP contribution is -2.45. The fourth-order valence-electron chi connectivity index (χ4n) is 5.20. The molecule has 2 fully saturated rings. The summed E-state index contributed by atoms with van der Waals surface area (Å²) in [5.41, 5.74) is 1.78. The van der Waals surface area contributed by atoms with E-state index in [4.69, 9.17) is 4.98 Å². The largest absolute Gasteiger partial charge is 0.416 e. The zero-order chi connectivity index (χ0) is 31.0. The Balaban J connectivity index is 1.19. The number of carbonyl (C=O) groups is 2. The number of nitrogens with one attached hydrogen (secondary N) is 2. The Morgan fingerprint density at radius 3 is 2.43 bits per heavy atom. The van der Waals surface area contributed by atoms with Crippen LogP contribution in [-0.2, 0) is 17.5 Å². The van der Waals surface area contributed by atoms with E-state index in [1.54, 1.807) is 24.3 Å². The van der Waals surface area contributed by atoms with Crippen LogP contribution in [0.15, 0.2) is 48.5 Å². The number of thiazole rings is 1. The molecule has 0 spiro atoms. The fourth-order valence-corrected chi connectivity index (χ4v) is 6.65. The Morgan fingerprint density at radius 2 is 1.73 bits per heavy atom. The highest BCUT2D eigenvalue weighted by atomic mass is 127. The quantitative estimate of drug-likeness (QED) is 0.196. The van der Waals surface area contributed by atoms with Crippen molar-refractivity contribution >= 4 is 66.9 Å². The highest BCUT2D eigenvalue weighted by Gasteiger charge is 2.34. The van der Waals surface area contributed by atoms with Gasteiger partial charge in [-0.25, -0.2) is 9.97 Å². The van der Waals surface area contributed by atoms with Crippen LogP contribution in [0, 0.1) is 9.49 Å². The summed E-state index contributed by atoms with van der Waals surface area (Å²) in [5, 5.41) is 5.99. The number of likely N-dealkylation sites (N-methyl/N-ethyl adjacent to an activating group) is 1. The predicted molar refractivity (Wildman–Crippen MR) is 174 cm³/mol. The first-order chi connectivity index (χ1) is 21.1. The highest BCUT2D eigenvalue weighted by Crippen LogP contribution is 2.36. The first-order valence-electron chi connectivity index (χ1n) is 14.4. The number of nitrogens with zero attached hydrogens (tertiary/aromatic N) is 4. The molecule has 4 aromatic rings. The van der Waals surface area contributed by atoms with Crippen molar-refractivity contribution in [2.75, 3.05) is 43.4 Å². The number of hydrogen-bond donors (Lipinski definition) is 2. The Morgan fingerprint density at radius 1 is 0.977 bits per heavy atom. The predicted octanol–water partition coefficient (Wildman–Crippen LogP) is 6.72. The van der Waals surface area contributed by atoms with E-state index in [9.17, 15) is 22.8 Å². The van der Waals surface area contributed by atoms with E-state index in [1.807, 2.05) is 11.0 Å². The molecular weight excluding hydrogens is 704 g/mol. The number of aromatic nitrogens is 2. The van der Waals surface area contributed by atoms with Gasteiger partial charge in [-0.15, -0.1) is 0 Å². The second-order valence-corrected chi connectivity index (χ2v) is 13.2. The van der Waals surface area contributed by atoms with E-state index in [1.165, 1.54) is 23.5 Å². The van der Waals surface area contributed by atoms with Gasteiger partial charge in [0.2, 0.25) is 5.91 Å². The molecule has 8 nitrogen and oxygen atoms in total. The van der Waals surface area contributed by atoms with Gasteiger partial charge < -0.3 is 15.5 Å². The molecule has 1 aliphatic carbocycles. The number of benzene rings is 2. The molecule has 0 unspecified atom stereocenters. The molecule has 6 rings (SSSR count). The second-order valence-electron chi connectivity index (χ2n) is 11.0. The maximum absolute atomic E-state index is 14.1. The second kappa shape index (κ2) is 12.7. The summed E-state index contributed by atoms with van der Waals surface area (Å²) >= 11 is 3.44. The lowest BCUT2D eigenvalue weighted by molar-refractivity contribution is -0.138. The number of halogens is 4. The number of anilines is 2. The van der Waals surface area contributed by atoms with Crippen molar-refractivity contribution in [1.82, 2.24) is 19.8 Å². The summed E-state index contributed by atoms with van der Waals surface area (Å²) in [5.74, 6) is -0.492. The molecule has 0 atom stereocenters. The zero-order valence-electron chi connectivity index (χ0n) is 23.9. The molecule has 3 heterocycles. The standard InChI is InChI=1S/C31H30F3IN6O2S/c1-2-40-11-13-41(14-12-40)17-20-5-7-21(16-23(20)31(32,33)34)36-28(43)19-6-8-24(35)22(15-19)25-9-10-26-29(37-25)44-30(38-26)39-27(42)18-3-4-18/h5-10,15-16,18H,2-4,11-14,17H2,1H3,(H,36,43)(H,38,39,42). The van der Waals surface area contributed by atoms with Crippen LogP contribution in [0.1, 0.15) is 41.3 Å². The summed E-state index contributed by atoms with van der Waals surface area (Å²) in [6.07, 6.45) is -2.76. The zero-order valence-corrected chi connectivity index (χ0v) is 26.9.